The number of carbonyl (C=O) groups is 2. The molecule has 2 aliphatic heterocycles. The van der Waals surface area contributed by atoms with E-state index in [1.807, 2.05) is 6.92 Å². The molecule has 3 atom stereocenters. The minimum Gasteiger partial charge on any atom is -0.383 e. The first-order valence-corrected chi connectivity index (χ1v) is 5.89. The van der Waals surface area contributed by atoms with Gasteiger partial charge in [0.1, 0.15) is 6.10 Å². The van der Waals surface area contributed by atoms with Crippen LogP contribution in [0.1, 0.15) is 26.2 Å². The van der Waals surface area contributed by atoms with Crippen LogP contribution in [0.3, 0.4) is 0 Å². The molecule has 2 heterocycles. The van der Waals surface area contributed by atoms with Crippen molar-refractivity contribution in [2.24, 2.45) is 0 Å². The van der Waals surface area contributed by atoms with Gasteiger partial charge in [0.25, 0.3) is 5.91 Å². The van der Waals surface area contributed by atoms with Crippen molar-refractivity contribution in [3.8, 4) is 0 Å². The van der Waals surface area contributed by atoms with E-state index in [2.05, 4.69) is 5.32 Å². The fourth-order valence-electron chi connectivity index (χ4n) is 2.57. The number of nitrogens with zero attached hydrogens (tertiary/aromatic N) is 1. The van der Waals surface area contributed by atoms with Gasteiger partial charge in [0.05, 0.1) is 18.6 Å². The van der Waals surface area contributed by atoms with Gasteiger partial charge in [-0.15, -0.1) is 0 Å². The molecule has 5 nitrogen and oxygen atoms in total. The number of Topliss-reactive ketones (excluding diaryl/α,β-unsaturated/α-hetero) is 1. The number of hydrogen-bond donors (Lipinski definition) is 2. The minimum atomic E-state index is -0.947. The molecule has 0 spiro atoms. The second-order valence-corrected chi connectivity index (χ2v) is 4.52. The third kappa shape index (κ3) is 1.85. The Morgan fingerprint density at radius 1 is 1.69 bits per heavy atom. The van der Waals surface area contributed by atoms with Crippen molar-refractivity contribution in [2.45, 2.75) is 44.4 Å². The maximum Gasteiger partial charge on any atom is 0.252 e. The Morgan fingerprint density at radius 2 is 2.44 bits per heavy atom. The molecular formula is C11H18N2O3. The normalized spacial score (nSPS) is 30.6. The second-order valence-electron chi connectivity index (χ2n) is 4.52. The molecule has 90 valence electrons. The Bertz CT molecular complexity index is 306. The fourth-order valence-corrected chi connectivity index (χ4v) is 2.57. The lowest BCUT2D eigenvalue weighted by Gasteiger charge is -2.24. The molecule has 0 aromatic carbocycles. The molecule has 2 N–H and O–H groups in total. The number of likely N-dealkylation sites (tertiary alicyclic amines) is 1. The molecule has 0 radical (unpaired) electrons. The summed E-state index contributed by atoms with van der Waals surface area (Å²) in [5.41, 5.74) is 0. The lowest BCUT2D eigenvalue weighted by atomic mass is 10.1. The van der Waals surface area contributed by atoms with Gasteiger partial charge in [-0.05, 0) is 19.4 Å². The van der Waals surface area contributed by atoms with E-state index in [0.29, 0.717) is 6.42 Å². The summed E-state index contributed by atoms with van der Waals surface area (Å²) >= 11 is 0. The highest BCUT2D eigenvalue weighted by atomic mass is 16.3. The minimum absolute atomic E-state index is 0.0356. The van der Waals surface area contributed by atoms with E-state index in [4.69, 9.17) is 0 Å². The summed E-state index contributed by atoms with van der Waals surface area (Å²) in [6.07, 6.45) is 1.09. The second kappa shape index (κ2) is 4.51. The maximum atomic E-state index is 11.9. The summed E-state index contributed by atoms with van der Waals surface area (Å²) in [5, 5.41) is 12.8. The van der Waals surface area contributed by atoms with Crippen molar-refractivity contribution in [3.63, 3.8) is 0 Å². The van der Waals surface area contributed by atoms with Gasteiger partial charge in [-0.25, -0.2) is 0 Å². The van der Waals surface area contributed by atoms with Crippen LogP contribution < -0.4 is 5.32 Å². The standard InChI is InChI=1S/C11H18N2O3/c1-2-3-8(14)11(16)13-6-9(15)10-7(13)4-5-12-10/h7-8,10,12,14H,2-6H2,1H3. The average Bonchev–Trinajstić information content (AvgIpc) is 2.82. The highest BCUT2D eigenvalue weighted by Gasteiger charge is 2.46. The highest BCUT2D eigenvalue weighted by Crippen LogP contribution is 2.23. The summed E-state index contributed by atoms with van der Waals surface area (Å²) in [5.74, 6) is -0.217. The smallest absolute Gasteiger partial charge is 0.252 e. The van der Waals surface area contributed by atoms with Gasteiger partial charge < -0.3 is 15.3 Å². The van der Waals surface area contributed by atoms with E-state index < -0.39 is 6.10 Å². The number of hydrogen-bond acceptors (Lipinski definition) is 4. The highest BCUT2D eigenvalue weighted by molar-refractivity contribution is 5.95. The number of aliphatic hydroxyl groups is 1. The van der Waals surface area contributed by atoms with Gasteiger partial charge in [0, 0.05) is 0 Å². The van der Waals surface area contributed by atoms with E-state index in [1.165, 1.54) is 0 Å². The largest absolute Gasteiger partial charge is 0.383 e. The molecule has 2 saturated heterocycles. The number of fused-ring (bicyclic) bond motifs is 1. The van der Waals surface area contributed by atoms with Gasteiger partial charge in [0.15, 0.2) is 5.78 Å². The maximum absolute atomic E-state index is 11.9. The summed E-state index contributed by atoms with van der Waals surface area (Å²) in [4.78, 5) is 25.1. The van der Waals surface area contributed by atoms with E-state index in [0.717, 1.165) is 19.4 Å². The molecule has 0 bridgehead atoms. The van der Waals surface area contributed by atoms with Crippen molar-refractivity contribution < 1.29 is 14.7 Å². The van der Waals surface area contributed by atoms with E-state index in [-0.39, 0.29) is 30.3 Å². The lowest BCUT2D eigenvalue weighted by molar-refractivity contribution is -0.142. The third-order valence-electron chi connectivity index (χ3n) is 3.39. The molecule has 5 heteroatoms. The Balaban J connectivity index is 2.04. The van der Waals surface area contributed by atoms with Crippen molar-refractivity contribution in [1.29, 1.82) is 0 Å². The molecule has 1 amide bonds. The van der Waals surface area contributed by atoms with Crippen LogP contribution in [0.5, 0.6) is 0 Å². The molecular weight excluding hydrogens is 208 g/mol. The summed E-state index contributed by atoms with van der Waals surface area (Å²) in [6.45, 7) is 2.85. The Kier molecular flexibility index (Phi) is 3.25. The van der Waals surface area contributed by atoms with Crippen LogP contribution in [0.25, 0.3) is 0 Å². The molecule has 0 aliphatic carbocycles. The first-order chi connectivity index (χ1) is 7.65. The molecule has 0 aromatic heterocycles. The van der Waals surface area contributed by atoms with Gasteiger partial charge in [-0.3, -0.25) is 9.59 Å². The van der Waals surface area contributed by atoms with Crippen molar-refractivity contribution in [3.05, 3.63) is 0 Å². The Hall–Kier alpha value is -0.940. The van der Waals surface area contributed by atoms with Crippen molar-refractivity contribution in [2.75, 3.05) is 13.1 Å². The van der Waals surface area contributed by atoms with Crippen LogP contribution in [0.4, 0.5) is 0 Å². The number of aliphatic hydroxyl groups excluding tert-OH is 1. The zero-order chi connectivity index (χ0) is 11.7. The molecule has 0 aromatic rings. The van der Waals surface area contributed by atoms with Crippen LogP contribution in [0.15, 0.2) is 0 Å². The van der Waals surface area contributed by atoms with Crippen LogP contribution in [-0.2, 0) is 9.59 Å². The average molecular weight is 226 g/mol. The van der Waals surface area contributed by atoms with Crippen molar-refractivity contribution >= 4 is 11.7 Å². The number of rotatable bonds is 3. The number of nitrogens with one attached hydrogen (secondary N) is 1. The van der Waals surface area contributed by atoms with E-state index in [1.54, 1.807) is 4.90 Å². The van der Waals surface area contributed by atoms with Crippen LogP contribution in [0, 0.1) is 0 Å². The molecule has 2 aliphatic rings. The number of amides is 1. The first-order valence-electron chi connectivity index (χ1n) is 5.89. The van der Waals surface area contributed by atoms with E-state index in [9.17, 15) is 14.7 Å². The Labute approximate surface area is 94.8 Å². The Morgan fingerprint density at radius 3 is 3.12 bits per heavy atom. The quantitative estimate of drug-likeness (QED) is 0.667. The fraction of sp³-hybridized carbons (Fsp3) is 0.818. The van der Waals surface area contributed by atoms with Gasteiger partial charge in [-0.1, -0.05) is 13.3 Å². The van der Waals surface area contributed by atoms with E-state index >= 15 is 0 Å². The number of carbonyl (C=O) groups excluding carboxylic acids is 2. The predicted molar refractivity (Wildman–Crippen MR) is 57.8 cm³/mol. The SMILES string of the molecule is CCCC(O)C(=O)N1CC(=O)C2NCCC21. The molecule has 0 saturated carbocycles. The molecule has 3 unspecified atom stereocenters. The summed E-state index contributed by atoms with van der Waals surface area (Å²) in [6, 6.07) is -0.232. The summed E-state index contributed by atoms with van der Waals surface area (Å²) < 4.78 is 0. The topological polar surface area (TPSA) is 69.6 Å². The van der Waals surface area contributed by atoms with Crippen molar-refractivity contribution in [1.82, 2.24) is 10.2 Å². The monoisotopic (exact) mass is 226 g/mol. The summed E-state index contributed by atoms with van der Waals surface area (Å²) in [7, 11) is 0. The predicted octanol–water partition coefficient (Wildman–Crippen LogP) is -0.711. The first kappa shape index (κ1) is 11.5. The van der Waals surface area contributed by atoms with Crippen LogP contribution >= 0.6 is 0 Å². The van der Waals surface area contributed by atoms with Crippen LogP contribution in [-0.4, -0.2) is 53.0 Å². The van der Waals surface area contributed by atoms with Gasteiger partial charge >= 0.3 is 0 Å². The van der Waals surface area contributed by atoms with Gasteiger partial charge in [-0.2, -0.15) is 0 Å². The lowest BCUT2D eigenvalue weighted by Crippen LogP contribution is -2.43. The zero-order valence-electron chi connectivity index (χ0n) is 9.48. The molecule has 2 rings (SSSR count). The third-order valence-corrected chi connectivity index (χ3v) is 3.39. The van der Waals surface area contributed by atoms with Crippen LogP contribution in [0.2, 0.25) is 0 Å². The number of ketones is 1. The molecule has 2 fully saturated rings. The van der Waals surface area contributed by atoms with Gasteiger partial charge in [0.2, 0.25) is 0 Å². The zero-order valence-corrected chi connectivity index (χ0v) is 9.48. The molecule has 16 heavy (non-hydrogen) atoms.